The van der Waals surface area contributed by atoms with Crippen molar-refractivity contribution in [1.82, 2.24) is 15.6 Å². The zero-order valence-corrected chi connectivity index (χ0v) is 15.9. The van der Waals surface area contributed by atoms with Gasteiger partial charge >= 0.3 is 0 Å². The van der Waals surface area contributed by atoms with Crippen molar-refractivity contribution in [2.24, 2.45) is 5.10 Å². The molecule has 29 heavy (non-hydrogen) atoms. The van der Waals surface area contributed by atoms with Crippen LogP contribution in [0.3, 0.4) is 0 Å². The number of hydrogen-bond donors (Lipinski definition) is 2. The third-order valence-corrected chi connectivity index (χ3v) is 4.36. The number of nitro groups is 1. The molecule has 0 aliphatic carbocycles. The van der Waals surface area contributed by atoms with Crippen molar-refractivity contribution in [1.29, 1.82) is 0 Å². The lowest BCUT2D eigenvalue weighted by atomic mass is 10.0. The van der Waals surface area contributed by atoms with Crippen LogP contribution < -0.4 is 5.43 Å². The fourth-order valence-corrected chi connectivity index (χ4v) is 2.63. The van der Waals surface area contributed by atoms with Crippen molar-refractivity contribution in [2.45, 2.75) is 13.8 Å². The SMILES string of the molecule is Cc1ccc(-c2cc(C(=O)N/N=C/C=C/c3ccccc3[N+](=O)[O-])[nH]n2)cc1C. The van der Waals surface area contributed by atoms with Crippen LogP contribution in [0.5, 0.6) is 0 Å². The van der Waals surface area contributed by atoms with Crippen molar-refractivity contribution in [3.63, 3.8) is 0 Å². The number of rotatable bonds is 6. The predicted octanol–water partition coefficient (Wildman–Crippen LogP) is 4.03. The summed E-state index contributed by atoms with van der Waals surface area (Å²) in [6.07, 6.45) is 4.40. The minimum absolute atomic E-state index is 0.00230. The second-order valence-electron chi connectivity index (χ2n) is 6.36. The number of nitrogens with one attached hydrogen (secondary N) is 2. The van der Waals surface area contributed by atoms with Gasteiger partial charge in [-0.3, -0.25) is 20.0 Å². The van der Waals surface area contributed by atoms with Crippen LogP contribution in [0.1, 0.15) is 27.2 Å². The first-order chi connectivity index (χ1) is 14.0. The van der Waals surface area contributed by atoms with E-state index in [-0.39, 0.29) is 11.4 Å². The zero-order chi connectivity index (χ0) is 20.8. The fraction of sp³-hybridized carbons (Fsp3) is 0.0952. The van der Waals surface area contributed by atoms with E-state index in [2.05, 4.69) is 20.7 Å². The van der Waals surface area contributed by atoms with Gasteiger partial charge in [0.2, 0.25) is 0 Å². The van der Waals surface area contributed by atoms with E-state index in [1.54, 1.807) is 30.3 Å². The van der Waals surface area contributed by atoms with Crippen LogP contribution in [0.25, 0.3) is 17.3 Å². The van der Waals surface area contributed by atoms with E-state index in [4.69, 9.17) is 0 Å². The molecule has 1 aromatic heterocycles. The Morgan fingerprint density at radius 3 is 2.72 bits per heavy atom. The van der Waals surface area contributed by atoms with Gasteiger partial charge in [0.25, 0.3) is 11.6 Å². The highest BCUT2D eigenvalue weighted by atomic mass is 16.6. The number of H-pyrrole nitrogens is 1. The van der Waals surface area contributed by atoms with Gasteiger partial charge in [0.15, 0.2) is 0 Å². The second-order valence-corrected chi connectivity index (χ2v) is 6.36. The summed E-state index contributed by atoms with van der Waals surface area (Å²) in [7, 11) is 0. The average molecular weight is 389 g/mol. The molecule has 1 heterocycles. The number of benzene rings is 2. The molecule has 8 heteroatoms. The number of hydrazone groups is 1. The van der Waals surface area contributed by atoms with E-state index in [1.165, 1.54) is 23.9 Å². The summed E-state index contributed by atoms with van der Waals surface area (Å²) in [6.45, 7) is 4.05. The van der Waals surface area contributed by atoms with E-state index in [0.29, 0.717) is 11.3 Å². The van der Waals surface area contributed by atoms with Crippen molar-refractivity contribution in [2.75, 3.05) is 0 Å². The van der Waals surface area contributed by atoms with Crippen molar-refractivity contribution >= 4 is 23.9 Å². The van der Waals surface area contributed by atoms with E-state index >= 15 is 0 Å². The quantitative estimate of drug-likeness (QED) is 0.376. The fourth-order valence-electron chi connectivity index (χ4n) is 2.63. The predicted molar refractivity (Wildman–Crippen MR) is 112 cm³/mol. The Morgan fingerprint density at radius 1 is 1.17 bits per heavy atom. The molecule has 146 valence electrons. The molecule has 0 aliphatic heterocycles. The summed E-state index contributed by atoms with van der Waals surface area (Å²) in [5.41, 5.74) is 7.01. The lowest BCUT2D eigenvalue weighted by Gasteiger charge is -2.01. The standard InChI is InChI=1S/C21H19N5O3/c1-14-9-10-17(12-15(14)2)18-13-19(24-23-18)21(27)25-22-11-5-7-16-6-3-4-8-20(16)26(28)29/h3-13H,1-2H3,(H,23,24)(H,25,27)/b7-5+,22-11+. The molecular weight excluding hydrogens is 370 g/mol. The molecule has 2 N–H and O–H groups in total. The number of allylic oxidation sites excluding steroid dienone is 1. The molecule has 0 aliphatic rings. The van der Waals surface area contributed by atoms with Crippen molar-refractivity contribution < 1.29 is 9.72 Å². The van der Waals surface area contributed by atoms with E-state index in [9.17, 15) is 14.9 Å². The molecule has 0 saturated carbocycles. The number of aryl methyl sites for hydroxylation is 2. The van der Waals surface area contributed by atoms with Crippen LogP contribution in [0, 0.1) is 24.0 Å². The molecule has 0 radical (unpaired) electrons. The van der Waals surface area contributed by atoms with E-state index in [0.717, 1.165) is 11.1 Å². The maximum Gasteiger partial charge on any atom is 0.289 e. The summed E-state index contributed by atoms with van der Waals surface area (Å²) < 4.78 is 0. The Hall–Kier alpha value is -4.07. The van der Waals surface area contributed by atoms with Gasteiger partial charge in [-0.15, -0.1) is 0 Å². The maximum atomic E-state index is 12.2. The highest BCUT2D eigenvalue weighted by Gasteiger charge is 2.11. The molecular formula is C21H19N5O3. The molecule has 8 nitrogen and oxygen atoms in total. The van der Waals surface area contributed by atoms with Crippen LogP contribution in [0.4, 0.5) is 5.69 Å². The largest absolute Gasteiger partial charge is 0.289 e. The number of nitro benzene ring substituents is 1. The van der Waals surface area contributed by atoms with Crippen LogP contribution in [0.15, 0.2) is 59.7 Å². The Kier molecular flexibility index (Phi) is 5.94. The molecule has 1 amide bonds. The van der Waals surface area contributed by atoms with Crippen LogP contribution in [0.2, 0.25) is 0 Å². The van der Waals surface area contributed by atoms with Gasteiger partial charge in [0.1, 0.15) is 5.69 Å². The first-order valence-electron chi connectivity index (χ1n) is 8.82. The molecule has 0 fully saturated rings. The minimum atomic E-state index is -0.454. The third-order valence-electron chi connectivity index (χ3n) is 4.36. The molecule has 3 aromatic rings. The molecule has 2 aromatic carbocycles. The van der Waals surface area contributed by atoms with E-state index < -0.39 is 10.8 Å². The lowest BCUT2D eigenvalue weighted by Crippen LogP contribution is -2.17. The van der Waals surface area contributed by atoms with Gasteiger partial charge in [0, 0.05) is 17.8 Å². The average Bonchev–Trinajstić information content (AvgIpc) is 3.20. The number of aromatic amines is 1. The summed E-state index contributed by atoms with van der Waals surface area (Å²) >= 11 is 0. The smallest absolute Gasteiger partial charge is 0.272 e. The Morgan fingerprint density at radius 2 is 1.97 bits per heavy atom. The van der Waals surface area contributed by atoms with Crippen molar-refractivity contribution in [3.05, 3.63) is 87.1 Å². The van der Waals surface area contributed by atoms with Crippen molar-refractivity contribution in [3.8, 4) is 11.3 Å². The molecule has 3 rings (SSSR count). The highest BCUT2D eigenvalue weighted by molar-refractivity contribution is 5.94. The summed E-state index contributed by atoms with van der Waals surface area (Å²) in [4.78, 5) is 22.7. The number of carbonyl (C=O) groups excluding carboxylic acids is 1. The molecule has 0 spiro atoms. The lowest BCUT2D eigenvalue weighted by molar-refractivity contribution is -0.385. The normalized spacial score (nSPS) is 11.2. The van der Waals surface area contributed by atoms with Gasteiger partial charge in [0.05, 0.1) is 16.2 Å². The summed E-state index contributed by atoms with van der Waals surface area (Å²) in [6, 6.07) is 14.0. The van der Waals surface area contributed by atoms with Crippen LogP contribution in [-0.2, 0) is 0 Å². The number of nitrogens with zero attached hydrogens (tertiary/aromatic N) is 3. The topological polar surface area (TPSA) is 113 Å². The molecule has 0 bridgehead atoms. The maximum absolute atomic E-state index is 12.2. The number of amides is 1. The Balaban J connectivity index is 1.62. The molecule has 0 unspecified atom stereocenters. The first-order valence-corrected chi connectivity index (χ1v) is 8.82. The monoisotopic (exact) mass is 389 g/mol. The number of aromatic nitrogens is 2. The van der Waals surface area contributed by atoms with Gasteiger partial charge < -0.3 is 0 Å². The van der Waals surface area contributed by atoms with Crippen LogP contribution >= 0.6 is 0 Å². The summed E-state index contributed by atoms with van der Waals surface area (Å²) in [5, 5.41) is 21.7. The number of hydrogen-bond acceptors (Lipinski definition) is 5. The second kappa shape index (κ2) is 8.75. The van der Waals surface area contributed by atoms with Gasteiger partial charge in [-0.05, 0) is 55.3 Å². The Labute approximate surface area is 167 Å². The number of carbonyl (C=O) groups is 1. The molecule has 0 atom stereocenters. The Bertz CT molecular complexity index is 1120. The highest BCUT2D eigenvalue weighted by Crippen LogP contribution is 2.21. The third kappa shape index (κ3) is 4.81. The summed E-state index contributed by atoms with van der Waals surface area (Å²) in [5.74, 6) is -0.442. The van der Waals surface area contributed by atoms with Gasteiger partial charge in [-0.1, -0.05) is 24.3 Å². The zero-order valence-electron chi connectivity index (χ0n) is 15.9. The minimum Gasteiger partial charge on any atom is -0.272 e. The first kappa shape index (κ1) is 19.7. The van der Waals surface area contributed by atoms with Gasteiger partial charge in [-0.25, -0.2) is 5.43 Å². The number of para-hydroxylation sites is 1. The van der Waals surface area contributed by atoms with Crippen LogP contribution in [-0.4, -0.2) is 27.2 Å². The van der Waals surface area contributed by atoms with E-state index in [1.807, 2.05) is 32.0 Å². The molecule has 0 saturated heterocycles. The van der Waals surface area contributed by atoms with Gasteiger partial charge in [-0.2, -0.15) is 10.2 Å².